The number of hydrogen-bond acceptors (Lipinski definition) is 5. The van der Waals surface area contributed by atoms with Gasteiger partial charge in [-0.2, -0.15) is 0 Å². The lowest BCUT2D eigenvalue weighted by Gasteiger charge is -2.15. The number of carbonyl (C=O) groups excluding carboxylic acids is 2. The third-order valence-corrected chi connectivity index (χ3v) is 6.63. The van der Waals surface area contributed by atoms with Gasteiger partial charge in [0, 0.05) is 27.3 Å². The van der Waals surface area contributed by atoms with Crippen molar-refractivity contribution in [2.24, 2.45) is 0 Å². The van der Waals surface area contributed by atoms with E-state index in [-0.39, 0.29) is 17.6 Å². The van der Waals surface area contributed by atoms with E-state index in [0.29, 0.717) is 28.1 Å². The number of allylic oxidation sites excluding steroid dienone is 1. The van der Waals surface area contributed by atoms with Crippen LogP contribution in [0.15, 0.2) is 58.7 Å². The van der Waals surface area contributed by atoms with E-state index in [9.17, 15) is 9.59 Å². The summed E-state index contributed by atoms with van der Waals surface area (Å²) < 4.78 is 2.81. The zero-order valence-electron chi connectivity index (χ0n) is 19.1. The van der Waals surface area contributed by atoms with Gasteiger partial charge in [-0.1, -0.05) is 51.4 Å². The molecule has 2 aromatic carbocycles. The zero-order valence-corrected chi connectivity index (χ0v) is 22.2. The Morgan fingerprint density at radius 2 is 1.94 bits per heavy atom. The lowest BCUT2D eigenvalue weighted by Crippen LogP contribution is -2.28. The SMILES string of the molecule is C=CCn1c(SCC(=O)Nc2c(C)cc(Br)cc2C)nnc1C(C)NC(=O)c1cccc(Cl)c1. The third kappa shape index (κ3) is 6.49. The van der Waals surface area contributed by atoms with Gasteiger partial charge in [-0.15, -0.1) is 16.8 Å². The molecule has 2 N–H and O–H groups in total. The van der Waals surface area contributed by atoms with E-state index < -0.39 is 6.04 Å². The minimum Gasteiger partial charge on any atom is -0.342 e. The molecule has 178 valence electrons. The van der Waals surface area contributed by atoms with Crippen LogP contribution in [0.4, 0.5) is 5.69 Å². The lowest BCUT2D eigenvalue weighted by atomic mass is 10.1. The number of nitrogens with zero attached hydrogens (tertiary/aromatic N) is 3. The van der Waals surface area contributed by atoms with E-state index in [1.807, 2.05) is 37.5 Å². The van der Waals surface area contributed by atoms with Crippen molar-refractivity contribution >= 4 is 56.8 Å². The Labute approximate surface area is 216 Å². The fourth-order valence-electron chi connectivity index (χ4n) is 3.42. The summed E-state index contributed by atoms with van der Waals surface area (Å²) in [7, 11) is 0. The van der Waals surface area contributed by atoms with Crippen molar-refractivity contribution in [3.63, 3.8) is 0 Å². The minimum absolute atomic E-state index is 0.143. The Balaban J connectivity index is 1.69. The summed E-state index contributed by atoms with van der Waals surface area (Å²) in [5.74, 6) is 0.318. The highest BCUT2D eigenvalue weighted by molar-refractivity contribution is 9.10. The molecule has 0 radical (unpaired) electrons. The van der Waals surface area contributed by atoms with Crippen molar-refractivity contribution < 1.29 is 9.59 Å². The summed E-state index contributed by atoms with van der Waals surface area (Å²) in [4.78, 5) is 25.2. The van der Waals surface area contributed by atoms with E-state index in [0.717, 1.165) is 21.3 Å². The molecular weight excluding hydrogens is 538 g/mol. The fraction of sp³-hybridized carbons (Fsp3) is 0.250. The Hall–Kier alpha value is -2.62. The first kappa shape index (κ1) is 26.0. The number of carbonyl (C=O) groups is 2. The van der Waals surface area contributed by atoms with Gasteiger partial charge in [-0.05, 0) is 62.2 Å². The number of hydrogen-bond donors (Lipinski definition) is 2. The standard InChI is InChI=1S/C24H25BrClN5O2S/c1-5-9-31-22(16(4)27-23(33)17-7-6-8-19(26)12-17)29-30-24(31)34-13-20(32)28-21-14(2)10-18(25)11-15(21)3/h5-8,10-12,16H,1,9,13H2,2-4H3,(H,27,33)(H,28,32). The lowest BCUT2D eigenvalue weighted by molar-refractivity contribution is -0.113. The van der Waals surface area contributed by atoms with E-state index in [1.165, 1.54) is 11.8 Å². The second-order valence-corrected chi connectivity index (χ2v) is 9.99. The maximum absolute atomic E-state index is 12.6. The van der Waals surface area contributed by atoms with E-state index in [4.69, 9.17) is 11.6 Å². The first-order valence-electron chi connectivity index (χ1n) is 10.5. The Bertz CT molecular complexity index is 1210. The predicted molar refractivity (Wildman–Crippen MR) is 141 cm³/mol. The topological polar surface area (TPSA) is 88.9 Å². The monoisotopic (exact) mass is 561 g/mol. The molecule has 0 bridgehead atoms. The summed E-state index contributed by atoms with van der Waals surface area (Å²) in [6.45, 7) is 9.97. The van der Waals surface area contributed by atoms with Gasteiger partial charge in [-0.3, -0.25) is 9.59 Å². The van der Waals surface area contributed by atoms with Gasteiger partial charge in [-0.25, -0.2) is 0 Å². The van der Waals surface area contributed by atoms with E-state index in [2.05, 4.69) is 43.3 Å². The van der Waals surface area contributed by atoms with Crippen LogP contribution in [0.2, 0.25) is 5.02 Å². The van der Waals surface area contributed by atoms with Gasteiger partial charge in [0.2, 0.25) is 5.91 Å². The number of anilines is 1. The van der Waals surface area contributed by atoms with Crippen LogP contribution in [-0.4, -0.2) is 32.3 Å². The van der Waals surface area contributed by atoms with Crippen molar-refractivity contribution in [3.8, 4) is 0 Å². The molecule has 0 aliphatic heterocycles. The molecule has 0 saturated heterocycles. The van der Waals surface area contributed by atoms with Crippen LogP contribution in [0.1, 0.15) is 40.3 Å². The van der Waals surface area contributed by atoms with Crippen LogP contribution < -0.4 is 10.6 Å². The molecule has 7 nitrogen and oxygen atoms in total. The average molecular weight is 563 g/mol. The summed E-state index contributed by atoms with van der Waals surface area (Å²) in [6.07, 6.45) is 1.72. The maximum atomic E-state index is 12.6. The molecule has 10 heteroatoms. The van der Waals surface area contributed by atoms with E-state index in [1.54, 1.807) is 30.3 Å². The van der Waals surface area contributed by atoms with Crippen LogP contribution in [0.5, 0.6) is 0 Å². The number of nitrogens with one attached hydrogen (secondary N) is 2. The molecule has 1 atom stereocenters. The highest BCUT2D eigenvalue weighted by atomic mass is 79.9. The number of benzene rings is 2. The number of halogens is 2. The van der Waals surface area contributed by atoms with Gasteiger partial charge >= 0.3 is 0 Å². The molecule has 1 heterocycles. The van der Waals surface area contributed by atoms with Gasteiger partial charge in [0.25, 0.3) is 5.91 Å². The smallest absolute Gasteiger partial charge is 0.251 e. The second-order valence-electron chi connectivity index (χ2n) is 7.70. The molecular formula is C24H25BrClN5O2S. The highest BCUT2D eigenvalue weighted by Gasteiger charge is 2.21. The van der Waals surface area contributed by atoms with Gasteiger partial charge in [0.1, 0.15) is 0 Å². The summed E-state index contributed by atoms with van der Waals surface area (Å²) in [5.41, 5.74) is 3.22. The summed E-state index contributed by atoms with van der Waals surface area (Å²) in [5, 5.41) is 15.5. The molecule has 34 heavy (non-hydrogen) atoms. The van der Waals surface area contributed by atoms with Crippen LogP contribution >= 0.6 is 39.3 Å². The minimum atomic E-state index is -0.421. The predicted octanol–water partition coefficient (Wildman–Crippen LogP) is 5.72. The molecule has 0 aliphatic rings. The second kappa shape index (κ2) is 11.7. The van der Waals surface area contributed by atoms with Crippen molar-refractivity contribution in [2.45, 2.75) is 38.5 Å². The normalized spacial score (nSPS) is 11.7. The number of rotatable bonds is 9. The zero-order chi connectivity index (χ0) is 24.8. The van der Waals surface area contributed by atoms with E-state index >= 15 is 0 Å². The largest absolute Gasteiger partial charge is 0.342 e. The fourth-order valence-corrected chi connectivity index (χ4v) is 5.05. The Morgan fingerprint density at radius 3 is 2.59 bits per heavy atom. The molecule has 0 aliphatic carbocycles. The van der Waals surface area contributed by atoms with Crippen LogP contribution in [0, 0.1) is 13.8 Å². The summed E-state index contributed by atoms with van der Waals surface area (Å²) >= 11 is 10.7. The van der Waals surface area contributed by atoms with Crippen molar-refractivity contribution in [2.75, 3.05) is 11.1 Å². The molecule has 3 aromatic rings. The number of aryl methyl sites for hydroxylation is 2. The number of thioether (sulfide) groups is 1. The van der Waals surface area contributed by atoms with Gasteiger partial charge in [0.15, 0.2) is 11.0 Å². The van der Waals surface area contributed by atoms with Crippen molar-refractivity contribution in [1.82, 2.24) is 20.1 Å². The first-order valence-corrected chi connectivity index (χ1v) is 12.6. The number of amides is 2. The molecule has 0 saturated carbocycles. The molecule has 2 amide bonds. The Kier molecular flexibility index (Phi) is 8.93. The molecule has 1 unspecified atom stereocenters. The third-order valence-electron chi connectivity index (χ3n) is 4.97. The van der Waals surface area contributed by atoms with Crippen LogP contribution in [-0.2, 0) is 11.3 Å². The van der Waals surface area contributed by atoms with Crippen LogP contribution in [0.25, 0.3) is 0 Å². The average Bonchev–Trinajstić information content (AvgIpc) is 3.17. The number of aromatic nitrogens is 3. The maximum Gasteiger partial charge on any atom is 0.251 e. The summed E-state index contributed by atoms with van der Waals surface area (Å²) in [6, 6.07) is 10.2. The van der Waals surface area contributed by atoms with Crippen molar-refractivity contribution in [1.29, 1.82) is 0 Å². The van der Waals surface area contributed by atoms with Gasteiger partial charge in [0.05, 0.1) is 11.8 Å². The quantitative estimate of drug-likeness (QED) is 0.257. The van der Waals surface area contributed by atoms with Crippen molar-refractivity contribution in [3.05, 3.63) is 81.1 Å². The highest BCUT2D eigenvalue weighted by Crippen LogP contribution is 2.26. The van der Waals surface area contributed by atoms with Crippen LogP contribution in [0.3, 0.4) is 0 Å². The Morgan fingerprint density at radius 1 is 1.24 bits per heavy atom. The molecule has 1 aromatic heterocycles. The van der Waals surface area contributed by atoms with Gasteiger partial charge < -0.3 is 15.2 Å². The molecule has 3 rings (SSSR count). The first-order chi connectivity index (χ1) is 16.2. The molecule has 0 fully saturated rings. The molecule has 0 spiro atoms.